The Kier molecular flexibility index (Phi) is 4.06. The van der Waals surface area contributed by atoms with Crippen molar-refractivity contribution in [2.75, 3.05) is 6.61 Å². The molecule has 0 spiro atoms. The minimum atomic E-state index is -0.566. The van der Waals surface area contributed by atoms with Crippen LogP contribution < -0.4 is 0 Å². The average molecular weight is 320 g/mol. The number of hydrogen-bond donors (Lipinski definition) is 0. The van der Waals surface area contributed by atoms with E-state index in [-0.39, 0.29) is 23.6 Å². The fourth-order valence-electron chi connectivity index (χ4n) is 5.08. The summed E-state index contributed by atoms with van der Waals surface area (Å²) in [6.07, 6.45) is 6.77. The molecule has 23 heavy (non-hydrogen) atoms. The smallest absolute Gasteiger partial charge is 0.337 e. The summed E-state index contributed by atoms with van der Waals surface area (Å²) in [6.45, 7) is 9.06. The highest BCUT2D eigenvalue weighted by Crippen LogP contribution is 2.60. The molecule has 4 aliphatic rings. The molecule has 0 N–H and O–H groups in total. The predicted molar refractivity (Wildman–Crippen MR) is 86.5 cm³/mol. The van der Waals surface area contributed by atoms with Gasteiger partial charge in [0.25, 0.3) is 0 Å². The average Bonchev–Trinajstić information content (AvgIpc) is 2.40. The molecule has 4 nitrogen and oxygen atoms in total. The van der Waals surface area contributed by atoms with E-state index in [9.17, 15) is 9.59 Å². The highest BCUT2D eigenvalue weighted by molar-refractivity contribution is 5.89. The summed E-state index contributed by atoms with van der Waals surface area (Å²) in [5.74, 6) is 1.48. The minimum absolute atomic E-state index is 0.0600. The third kappa shape index (κ3) is 3.46. The number of rotatable bonds is 4. The second-order valence-electron chi connectivity index (χ2n) is 8.88. The molecule has 0 saturated heterocycles. The van der Waals surface area contributed by atoms with Gasteiger partial charge in [-0.3, -0.25) is 4.79 Å². The molecule has 4 heteroatoms. The van der Waals surface area contributed by atoms with Gasteiger partial charge in [-0.25, -0.2) is 4.79 Å². The number of hydrogen-bond acceptors (Lipinski definition) is 4. The monoisotopic (exact) mass is 320 g/mol. The Morgan fingerprint density at radius 3 is 1.96 bits per heavy atom. The van der Waals surface area contributed by atoms with Crippen LogP contribution in [-0.4, -0.2) is 24.1 Å². The van der Waals surface area contributed by atoms with Gasteiger partial charge in [0, 0.05) is 0 Å². The third-order valence-corrected chi connectivity index (χ3v) is 5.54. The van der Waals surface area contributed by atoms with E-state index in [1.165, 1.54) is 19.3 Å². The first kappa shape index (κ1) is 16.5. The second kappa shape index (κ2) is 5.64. The molecule has 4 rings (SSSR count). The number of carbonyl (C=O) groups is 2. The summed E-state index contributed by atoms with van der Waals surface area (Å²) in [6, 6.07) is 0. The maximum absolute atomic E-state index is 12.7. The maximum Gasteiger partial charge on any atom is 0.337 e. The van der Waals surface area contributed by atoms with Gasteiger partial charge in [-0.2, -0.15) is 0 Å². The molecule has 4 saturated carbocycles. The van der Waals surface area contributed by atoms with Crippen LogP contribution in [0.4, 0.5) is 0 Å². The normalized spacial score (nSPS) is 35.0. The Hall–Kier alpha value is -1.32. The van der Waals surface area contributed by atoms with Gasteiger partial charge in [-0.15, -0.1) is 0 Å². The fraction of sp³-hybridized carbons (Fsp3) is 0.789. The summed E-state index contributed by atoms with van der Waals surface area (Å²) in [4.78, 5) is 24.6. The van der Waals surface area contributed by atoms with Crippen LogP contribution in [0, 0.1) is 23.2 Å². The molecular weight excluding hydrogens is 292 g/mol. The lowest BCUT2D eigenvalue weighted by molar-refractivity contribution is -0.171. The van der Waals surface area contributed by atoms with Gasteiger partial charge in [0.15, 0.2) is 0 Å². The van der Waals surface area contributed by atoms with E-state index < -0.39 is 11.6 Å². The lowest BCUT2D eigenvalue weighted by Crippen LogP contribution is -2.50. The van der Waals surface area contributed by atoms with Crippen molar-refractivity contribution in [1.82, 2.24) is 0 Å². The Morgan fingerprint density at radius 2 is 1.52 bits per heavy atom. The van der Waals surface area contributed by atoms with Gasteiger partial charge < -0.3 is 9.47 Å². The summed E-state index contributed by atoms with van der Waals surface area (Å²) >= 11 is 0. The van der Waals surface area contributed by atoms with E-state index in [0.717, 1.165) is 19.3 Å². The fourth-order valence-corrected chi connectivity index (χ4v) is 5.08. The molecule has 0 aromatic heterocycles. The van der Waals surface area contributed by atoms with Gasteiger partial charge in [-0.1, -0.05) is 6.58 Å². The van der Waals surface area contributed by atoms with Crippen molar-refractivity contribution in [2.24, 2.45) is 23.2 Å². The molecule has 0 unspecified atom stereocenters. The number of esters is 2. The molecular formula is C19H28O4. The van der Waals surface area contributed by atoms with Gasteiger partial charge in [0.1, 0.15) is 12.2 Å². The van der Waals surface area contributed by atoms with Gasteiger partial charge in [-0.05, 0) is 77.0 Å². The molecule has 0 radical (unpaired) electrons. The van der Waals surface area contributed by atoms with Crippen molar-refractivity contribution in [2.45, 2.75) is 64.9 Å². The number of carbonyl (C=O) groups excluding carboxylic acids is 2. The van der Waals surface area contributed by atoms with Crippen molar-refractivity contribution in [3.05, 3.63) is 12.2 Å². The minimum Gasteiger partial charge on any atom is -0.460 e. The molecule has 4 aliphatic carbocycles. The quantitative estimate of drug-likeness (QED) is 0.586. The van der Waals surface area contributed by atoms with Gasteiger partial charge in [0.05, 0.1) is 11.0 Å². The topological polar surface area (TPSA) is 52.6 Å². The Bertz CT molecular complexity index is 491. The van der Waals surface area contributed by atoms with Crippen molar-refractivity contribution in [3.63, 3.8) is 0 Å². The SMILES string of the molecule is C=C(COC(=O)C12CC3CC(CC(C3)C1)C2)C(=O)OC(C)(C)C. The van der Waals surface area contributed by atoms with Crippen LogP contribution in [0.15, 0.2) is 12.2 Å². The molecule has 128 valence electrons. The maximum atomic E-state index is 12.7. The van der Waals surface area contributed by atoms with E-state index in [0.29, 0.717) is 17.8 Å². The van der Waals surface area contributed by atoms with Crippen molar-refractivity contribution in [3.8, 4) is 0 Å². The van der Waals surface area contributed by atoms with Crippen LogP contribution in [0.2, 0.25) is 0 Å². The standard InChI is InChI=1S/C19H28O4/c1-12(16(20)23-18(2,3)4)11-22-17(21)19-8-13-5-14(9-19)7-15(6-13)10-19/h13-15H,1,5-11H2,2-4H3. The first-order valence-electron chi connectivity index (χ1n) is 8.75. The molecule has 0 heterocycles. The molecule has 0 atom stereocenters. The molecule has 0 aromatic rings. The first-order valence-corrected chi connectivity index (χ1v) is 8.75. The predicted octanol–water partition coefficient (Wildman–Crippen LogP) is 3.64. The summed E-state index contributed by atoms with van der Waals surface area (Å²) in [7, 11) is 0. The van der Waals surface area contributed by atoms with Crippen LogP contribution in [0.25, 0.3) is 0 Å². The molecule has 0 aliphatic heterocycles. The summed E-state index contributed by atoms with van der Waals surface area (Å²) < 4.78 is 10.7. The third-order valence-electron chi connectivity index (χ3n) is 5.54. The molecule has 0 amide bonds. The molecule has 4 bridgehead atoms. The van der Waals surface area contributed by atoms with E-state index in [2.05, 4.69) is 6.58 Å². The Morgan fingerprint density at radius 1 is 1.04 bits per heavy atom. The molecule has 4 fully saturated rings. The lowest BCUT2D eigenvalue weighted by atomic mass is 9.49. The van der Waals surface area contributed by atoms with Crippen LogP contribution in [0.5, 0.6) is 0 Å². The van der Waals surface area contributed by atoms with E-state index in [4.69, 9.17) is 9.47 Å². The van der Waals surface area contributed by atoms with Gasteiger partial charge in [0.2, 0.25) is 0 Å². The molecule has 0 aromatic carbocycles. The Balaban J connectivity index is 1.56. The summed E-state index contributed by atoms with van der Waals surface area (Å²) in [5, 5.41) is 0. The van der Waals surface area contributed by atoms with Crippen molar-refractivity contribution in [1.29, 1.82) is 0 Å². The first-order chi connectivity index (χ1) is 10.7. The van der Waals surface area contributed by atoms with Crippen molar-refractivity contribution >= 4 is 11.9 Å². The van der Waals surface area contributed by atoms with Crippen LogP contribution in [-0.2, 0) is 19.1 Å². The van der Waals surface area contributed by atoms with Crippen LogP contribution in [0.1, 0.15) is 59.3 Å². The van der Waals surface area contributed by atoms with Crippen LogP contribution in [0.3, 0.4) is 0 Å². The Labute approximate surface area is 138 Å². The second-order valence-corrected chi connectivity index (χ2v) is 8.88. The van der Waals surface area contributed by atoms with Crippen molar-refractivity contribution < 1.29 is 19.1 Å². The van der Waals surface area contributed by atoms with E-state index in [1.54, 1.807) is 20.8 Å². The number of ether oxygens (including phenoxy) is 2. The van der Waals surface area contributed by atoms with Gasteiger partial charge >= 0.3 is 11.9 Å². The summed E-state index contributed by atoms with van der Waals surface area (Å²) in [5.41, 5.74) is -0.648. The van der Waals surface area contributed by atoms with Crippen LogP contribution >= 0.6 is 0 Å². The highest BCUT2D eigenvalue weighted by atomic mass is 16.6. The largest absolute Gasteiger partial charge is 0.460 e. The zero-order valence-corrected chi connectivity index (χ0v) is 14.5. The lowest BCUT2D eigenvalue weighted by Gasteiger charge is -2.55. The highest BCUT2D eigenvalue weighted by Gasteiger charge is 2.55. The zero-order chi connectivity index (χ0) is 16.8. The van der Waals surface area contributed by atoms with E-state index >= 15 is 0 Å². The van der Waals surface area contributed by atoms with E-state index in [1.807, 2.05) is 0 Å². The zero-order valence-electron chi connectivity index (χ0n) is 14.5.